The van der Waals surface area contributed by atoms with Gasteiger partial charge in [0.05, 0.1) is 5.41 Å². The molecule has 0 spiro atoms. The van der Waals surface area contributed by atoms with Gasteiger partial charge in [-0.2, -0.15) is 0 Å². The molecule has 1 nitrogen and oxygen atoms in total. The Morgan fingerprint density at radius 2 is 1.65 bits per heavy atom. The summed E-state index contributed by atoms with van der Waals surface area (Å²) in [5, 5.41) is 0. The molecule has 0 unspecified atom stereocenters. The summed E-state index contributed by atoms with van der Waals surface area (Å²) in [5.74, 6) is 1.06. The fourth-order valence-corrected chi connectivity index (χ4v) is 3.98. The van der Waals surface area contributed by atoms with Crippen LogP contribution in [0.4, 0.5) is 0 Å². The van der Waals surface area contributed by atoms with Crippen LogP contribution in [0.5, 0.6) is 0 Å². The predicted molar refractivity (Wildman–Crippen MR) is 84.8 cm³/mol. The zero-order chi connectivity index (χ0) is 14.3. The molecule has 102 valence electrons. The SMILES string of the molecule is Cc1ccc([C@@]2(C)CSc3cc(C)ccc3C2=O)cc1. The van der Waals surface area contributed by atoms with Crippen LogP contribution >= 0.6 is 11.8 Å². The molecule has 0 saturated carbocycles. The van der Waals surface area contributed by atoms with Crippen molar-refractivity contribution in [1.82, 2.24) is 0 Å². The van der Waals surface area contributed by atoms with Gasteiger partial charge in [-0.15, -0.1) is 11.8 Å². The second-order valence-corrected chi connectivity index (χ2v) is 6.83. The molecule has 0 bridgehead atoms. The van der Waals surface area contributed by atoms with Gasteiger partial charge in [-0.25, -0.2) is 0 Å². The molecule has 1 aliphatic rings. The van der Waals surface area contributed by atoms with Gasteiger partial charge in [0.1, 0.15) is 0 Å². The standard InChI is InChI=1S/C18H18OS/c1-12-4-7-14(8-5-12)18(3)11-20-16-10-13(2)6-9-15(16)17(18)19/h4-10H,11H2,1-3H3/t18-/m1/s1. The van der Waals surface area contributed by atoms with E-state index in [9.17, 15) is 4.79 Å². The van der Waals surface area contributed by atoms with Crippen LogP contribution in [0.15, 0.2) is 47.4 Å². The molecule has 0 radical (unpaired) electrons. The molecule has 20 heavy (non-hydrogen) atoms. The van der Waals surface area contributed by atoms with Crippen molar-refractivity contribution in [3.63, 3.8) is 0 Å². The molecule has 1 heterocycles. The maximum absolute atomic E-state index is 12.9. The van der Waals surface area contributed by atoms with E-state index < -0.39 is 5.41 Å². The zero-order valence-corrected chi connectivity index (χ0v) is 12.9. The lowest BCUT2D eigenvalue weighted by atomic mass is 9.77. The molecular weight excluding hydrogens is 264 g/mol. The van der Waals surface area contributed by atoms with Gasteiger partial charge in [-0.3, -0.25) is 4.79 Å². The second-order valence-electron chi connectivity index (χ2n) is 5.82. The lowest BCUT2D eigenvalue weighted by molar-refractivity contribution is 0.0906. The molecule has 0 aliphatic carbocycles. The number of carbonyl (C=O) groups is 1. The van der Waals surface area contributed by atoms with Crippen molar-refractivity contribution in [2.45, 2.75) is 31.1 Å². The monoisotopic (exact) mass is 282 g/mol. The third kappa shape index (κ3) is 2.08. The number of hydrogen-bond acceptors (Lipinski definition) is 2. The van der Waals surface area contributed by atoms with Gasteiger partial charge >= 0.3 is 0 Å². The van der Waals surface area contributed by atoms with E-state index in [2.05, 4.69) is 51.1 Å². The average molecular weight is 282 g/mol. The maximum Gasteiger partial charge on any atom is 0.175 e. The van der Waals surface area contributed by atoms with E-state index >= 15 is 0 Å². The highest BCUT2D eigenvalue weighted by atomic mass is 32.2. The normalized spacial score (nSPS) is 21.6. The van der Waals surface area contributed by atoms with Crippen molar-refractivity contribution >= 4 is 17.5 Å². The molecule has 2 aromatic carbocycles. The summed E-state index contributed by atoms with van der Waals surface area (Å²) >= 11 is 1.79. The second kappa shape index (κ2) is 4.78. The lowest BCUT2D eigenvalue weighted by Gasteiger charge is -2.33. The lowest BCUT2D eigenvalue weighted by Crippen LogP contribution is -2.38. The Morgan fingerprint density at radius 3 is 2.35 bits per heavy atom. The van der Waals surface area contributed by atoms with E-state index in [1.807, 2.05) is 12.1 Å². The van der Waals surface area contributed by atoms with Crippen molar-refractivity contribution in [3.8, 4) is 0 Å². The number of fused-ring (bicyclic) bond motifs is 1. The number of rotatable bonds is 1. The smallest absolute Gasteiger partial charge is 0.175 e. The number of aryl methyl sites for hydroxylation is 2. The molecule has 0 fully saturated rings. The number of benzene rings is 2. The third-order valence-electron chi connectivity index (χ3n) is 4.09. The molecule has 2 heteroatoms. The molecule has 0 aromatic heterocycles. The Balaban J connectivity index is 2.06. The van der Waals surface area contributed by atoms with Crippen LogP contribution in [0, 0.1) is 13.8 Å². The zero-order valence-electron chi connectivity index (χ0n) is 12.1. The van der Waals surface area contributed by atoms with Gasteiger partial charge < -0.3 is 0 Å². The summed E-state index contributed by atoms with van der Waals surface area (Å²) in [6.07, 6.45) is 0. The van der Waals surface area contributed by atoms with Crippen LogP contribution in [-0.4, -0.2) is 11.5 Å². The maximum atomic E-state index is 12.9. The predicted octanol–water partition coefficient (Wildman–Crippen LogP) is 4.55. The summed E-state index contributed by atoms with van der Waals surface area (Å²) in [6, 6.07) is 14.5. The number of ketones is 1. The number of Topliss-reactive ketones (excluding diaryl/α,β-unsaturated/α-hetero) is 1. The van der Waals surface area contributed by atoms with Crippen molar-refractivity contribution in [3.05, 3.63) is 64.7 Å². The van der Waals surface area contributed by atoms with Gasteiger partial charge in [-0.05, 0) is 44.0 Å². The highest BCUT2D eigenvalue weighted by Crippen LogP contribution is 2.42. The third-order valence-corrected chi connectivity index (χ3v) is 5.46. The highest BCUT2D eigenvalue weighted by molar-refractivity contribution is 7.99. The highest BCUT2D eigenvalue weighted by Gasteiger charge is 2.40. The van der Waals surface area contributed by atoms with Crippen molar-refractivity contribution in [1.29, 1.82) is 0 Å². The van der Waals surface area contributed by atoms with E-state index in [4.69, 9.17) is 0 Å². The van der Waals surface area contributed by atoms with Crippen molar-refractivity contribution in [2.75, 3.05) is 5.75 Å². The quantitative estimate of drug-likeness (QED) is 0.763. The number of hydrogen-bond donors (Lipinski definition) is 0. The molecular formula is C18H18OS. The van der Waals surface area contributed by atoms with Crippen LogP contribution in [-0.2, 0) is 5.41 Å². The van der Waals surface area contributed by atoms with E-state index in [1.165, 1.54) is 11.1 Å². The fourth-order valence-electron chi connectivity index (χ4n) is 2.66. The molecule has 0 saturated heterocycles. The van der Waals surface area contributed by atoms with E-state index in [0.29, 0.717) is 0 Å². The van der Waals surface area contributed by atoms with E-state index in [-0.39, 0.29) is 5.78 Å². The van der Waals surface area contributed by atoms with E-state index in [0.717, 1.165) is 21.8 Å². The fraction of sp³-hybridized carbons (Fsp3) is 0.278. The average Bonchev–Trinajstić information content (AvgIpc) is 2.44. The van der Waals surface area contributed by atoms with E-state index in [1.54, 1.807) is 11.8 Å². The molecule has 2 aromatic rings. The van der Waals surface area contributed by atoms with Gasteiger partial charge in [0.25, 0.3) is 0 Å². The first-order valence-corrected chi connectivity index (χ1v) is 7.85. The minimum atomic E-state index is -0.416. The summed E-state index contributed by atoms with van der Waals surface area (Å²) in [5.41, 5.74) is 4.01. The Labute approximate surface area is 124 Å². The molecule has 1 aliphatic heterocycles. The molecule has 1 atom stereocenters. The molecule has 0 N–H and O–H groups in total. The Hall–Kier alpha value is -1.54. The van der Waals surface area contributed by atoms with Crippen molar-refractivity contribution < 1.29 is 4.79 Å². The van der Waals surface area contributed by atoms with Gasteiger partial charge in [0.15, 0.2) is 5.78 Å². The van der Waals surface area contributed by atoms with Gasteiger partial charge in [-0.1, -0.05) is 35.9 Å². The van der Waals surface area contributed by atoms with Crippen LogP contribution in [0.25, 0.3) is 0 Å². The topological polar surface area (TPSA) is 17.1 Å². The van der Waals surface area contributed by atoms with Crippen LogP contribution in [0.3, 0.4) is 0 Å². The first-order chi connectivity index (χ1) is 9.50. The molecule has 3 rings (SSSR count). The Kier molecular flexibility index (Phi) is 3.21. The van der Waals surface area contributed by atoms with Crippen molar-refractivity contribution in [2.24, 2.45) is 0 Å². The molecule has 0 amide bonds. The first kappa shape index (κ1) is 13.4. The number of carbonyl (C=O) groups excluding carboxylic acids is 1. The number of thioether (sulfide) groups is 1. The summed E-state index contributed by atoms with van der Waals surface area (Å²) < 4.78 is 0. The minimum Gasteiger partial charge on any atom is -0.293 e. The van der Waals surface area contributed by atoms with Crippen LogP contribution < -0.4 is 0 Å². The first-order valence-electron chi connectivity index (χ1n) is 6.86. The largest absolute Gasteiger partial charge is 0.293 e. The van der Waals surface area contributed by atoms with Crippen LogP contribution in [0.2, 0.25) is 0 Å². The summed E-state index contributed by atoms with van der Waals surface area (Å²) in [6.45, 7) is 6.20. The Morgan fingerprint density at radius 1 is 1.00 bits per heavy atom. The van der Waals surface area contributed by atoms with Gasteiger partial charge in [0.2, 0.25) is 0 Å². The van der Waals surface area contributed by atoms with Crippen LogP contribution in [0.1, 0.15) is 34.0 Å². The Bertz CT molecular complexity index is 672. The summed E-state index contributed by atoms with van der Waals surface area (Å²) in [7, 11) is 0. The minimum absolute atomic E-state index is 0.245. The summed E-state index contributed by atoms with van der Waals surface area (Å²) in [4.78, 5) is 14.0. The van der Waals surface area contributed by atoms with Gasteiger partial charge in [0, 0.05) is 16.2 Å².